The van der Waals surface area contributed by atoms with Gasteiger partial charge in [0.15, 0.2) is 11.5 Å². The highest BCUT2D eigenvalue weighted by molar-refractivity contribution is 6.12. The van der Waals surface area contributed by atoms with Crippen LogP contribution in [0.25, 0.3) is 16.7 Å². The van der Waals surface area contributed by atoms with E-state index in [0.29, 0.717) is 28.0 Å². The van der Waals surface area contributed by atoms with Gasteiger partial charge in [-0.2, -0.15) is 10.2 Å². The van der Waals surface area contributed by atoms with Gasteiger partial charge in [-0.15, -0.1) is 0 Å². The quantitative estimate of drug-likeness (QED) is 0.521. The van der Waals surface area contributed by atoms with Crippen molar-refractivity contribution in [1.29, 1.82) is 0 Å². The maximum atomic E-state index is 14.5. The Morgan fingerprint density at radius 3 is 2.57 bits per heavy atom. The minimum Gasteiger partial charge on any atom is -0.322 e. The van der Waals surface area contributed by atoms with Crippen molar-refractivity contribution >= 4 is 22.6 Å². The van der Waals surface area contributed by atoms with E-state index in [1.807, 2.05) is 27.7 Å². The first-order chi connectivity index (χ1) is 14.3. The first kappa shape index (κ1) is 19.8. The van der Waals surface area contributed by atoms with Crippen LogP contribution in [-0.4, -0.2) is 30.5 Å². The van der Waals surface area contributed by atoms with E-state index in [1.165, 1.54) is 10.7 Å². The molecule has 0 aliphatic carbocycles. The summed E-state index contributed by atoms with van der Waals surface area (Å²) in [6.45, 7) is 8.07. The Morgan fingerprint density at radius 2 is 1.93 bits per heavy atom. The Labute approximate surface area is 173 Å². The monoisotopic (exact) mass is 406 g/mol. The number of benzene rings is 1. The van der Waals surface area contributed by atoms with Crippen LogP contribution >= 0.6 is 0 Å². The molecule has 0 fully saturated rings. The maximum Gasteiger partial charge on any atom is 0.256 e. The van der Waals surface area contributed by atoms with Gasteiger partial charge in [0.25, 0.3) is 5.91 Å². The number of hydrogen-bond acceptors (Lipinski definition) is 4. The molecule has 4 rings (SSSR count). The maximum absolute atomic E-state index is 14.5. The lowest BCUT2D eigenvalue weighted by Gasteiger charge is -2.13. The minimum absolute atomic E-state index is 0.109. The van der Waals surface area contributed by atoms with Crippen LogP contribution in [-0.2, 0) is 0 Å². The number of fused-ring (bicyclic) bond motifs is 1. The number of aromatic nitrogens is 5. The highest BCUT2D eigenvalue weighted by Gasteiger charge is 2.19. The molecule has 0 aliphatic rings. The van der Waals surface area contributed by atoms with E-state index in [2.05, 4.69) is 15.5 Å². The summed E-state index contributed by atoms with van der Waals surface area (Å²) in [6.07, 6.45) is 4.89. The molecule has 1 aromatic carbocycles. The Kier molecular flexibility index (Phi) is 5.07. The van der Waals surface area contributed by atoms with Gasteiger partial charge in [0.2, 0.25) is 0 Å². The Bertz CT molecular complexity index is 1210. The smallest absolute Gasteiger partial charge is 0.256 e. The fourth-order valence-corrected chi connectivity index (χ4v) is 3.28. The second-order valence-corrected chi connectivity index (χ2v) is 7.74. The lowest BCUT2D eigenvalue weighted by Crippen LogP contribution is -2.14. The van der Waals surface area contributed by atoms with Gasteiger partial charge >= 0.3 is 0 Å². The Hall–Kier alpha value is -3.55. The molecule has 0 atom stereocenters. The molecule has 3 aromatic heterocycles. The van der Waals surface area contributed by atoms with E-state index in [0.717, 1.165) is 5.69 Å². The summed E-state index contributed by atoms with van der Waals surface area (Å²) in [4.78, 5) is 17.8. The summed E-state index contributed by atoms with van der Waals surface area (Å²) < 4.78 is 17.8. The molecule has 0 radical (unpaired) electrons. The highest BCUT2D eigenvalue weighted by atomic mass is 19.1. The van der Waals surface area contributed by atoms with Crippen LogP contribution in [0.1, 0.15) is 55.7 Å². The normalized spacial score (nSPS) is 11.6. The van der Waals surface area contributed by atoms with E-state index in [4.69, 9.17) is 4.98 Å². The van der Waals surface area contributed by atoms with Crippen LogP contribution in [0.3, 0.4) is 0 Å². The second-order valence-electron chi connectivity index (χ2n) is 7.74. The van der Waals surface area contributed by atoms with Crippen LogP contribution in [0.5, 0.6) is 0 Å². The number of hydrogen-bond donors (Lipinski definition) is 1. The van der Waals surface area contributed by atoms with Crippen molar-refractivity contribution in [3.05, 3.63) is 66.0 Å². The average Bonchev–Trinajstić information content (AvgIpc) is 3.37. The van der Waals surface area contributed by atoms with Crippen LogP contribution in [0.15, 0.2) is 48.9 Å². The first-order valence-corrected chi connectivity index (χ1v) is 9.84. The molecule has 1 N–H and O–H groups in total. The minimum atomic E-state index is -0.480. The van der Waals surface area contributed by atoms with Crippen molar-refractivity contribution in [1.82, 2.24) is 24.5 Å². The van der Waals surface area contributed by atoms with Crippen LogP contribution in [0.2, 0.25) is 0 Å². The highest BCUT2D eigenvalue weighted by Crippen LogP contribution is 2.26. The van der Waals surface area contributed by atoms with E-state index in [9.17, 15) is 9.18 Å². The molecule has 4 aromatic rings. The number of halogens is 1. The third-order valence-corrected chi connectivity index (χ3v) is 4.87. The molecular formula is C22H23FN6O. The van der Waals surface area contributed by atoms with Crippen molar-refractivity contribution in [3.63, 3.8) is 0 Å². The lowest BCUT2D eigenvalue weighted by atomic mass is 10.0. The zero-order valence-corrected chi connectivity index (χ0v) is 17.3. The lowest BCUT2D eigenvalue weighted by molar-refractivity contribution is 0.102. The average molecular weight is 406 g/mol. The molecule has 0 spiro atoms. The largest absolute Gasteiger partial charge is 0.322 e. The molecule has 0 saturated heterocycles. The zero-order chi connectivity index (χ0) is 21.4. The van der Waals surface area contributed by atoms with Gasteiger partial charge in [-0.3, -0.25) is 4.79 Å². The Morgan fingerprint density at radius 1 is 1.13 bits per heavy atom. The number of carbonyl (C=O) groups excluding carboxylic acids is 1. The number of carbonyl (C=O) groups is 1. The van der Waals surface area contributed by atoms with E-state index in [1.54, 1.807) is 47.5 Å². The van der Waals surface area contributed by atoms with Gasteiger partial charge in [0.1, 0.15) is 5.69 Å². The number of pyridine rings is 1. The molecule has 0 unspecified atom stereocenters. The number of anilines is 1. The fourth-order valence-electron chi connectivity index (χ4n) is 3.28. The molecule has 30 heavy (non-hydrogen) atoms. The molecule has 154 valence electrons. The molecule has 1 amide bonds. The fraction of sp³-hybridized carbons (Fsp3) is 0.273. The van der Waals surface area contributed by atoms with Crippen LogP contribution in [0, 0.1) is 5.82 Å². The number of nitrogens with one attached hydrogen (secondary N) is 1. The predicted molar refractivity (Wildman–Crippen MR) is 113 cm³/mol. The van der Waals surface area contributed by atoms with Crippen molar-refractivity contribution in [2.75, 3.05) is 5.32 Å². The van der Waals surface area contributed by atoms with Crippen molar-refractivity contribution in [3.8, 4) is 5.69 Å². The first-order valence-electron chi connectivity index (χ1n) is 9.84. The molecule has 0 bridgehead atoms. The standard InChI is InChI=1S/C22H23FN6O/c1-13(2)19-11-16(17-12-25-29(14(3)4)21(17)27-19)22(30)26-15-6-7-20(18(23)10-15)28-9-5-8-24-28/h5-14H,1-4H3,(H,26,30). The van der Waals surface area contributed by atoms with Gasteiger partial charge in [0.05, 0.1) is 17.1 Å². The van der Waals surface area contributed by atoms with Gasteiger partial charge in [-0.1, -0.05) is 13.8 Å². The van der Waals surface area contributed by atoms with E-state index >= 15 is 0 Å². The van der Waals surface area contributed by atoms with Crippen LogP contribution in [0.4, 0.5) is 10.1 Å². The molecule has 7 nitrogen and oxygen atoms in total. The van der Waals surface area contributed by atoms with Crippen LogP contribution < -0.4 is 5.32 Å². The number of amides is 1. The van der Waals surface area contributed by atoms with Crippen molar-refractivity contribution < 1.29 is 9.18 Å². The number of nitrogens with zero attached hydrogens (tertiary/aromatic N) is 5. The molecule has 8 heteroatoms. The molecule has 0 saturated carbocycles. The topological polar surface area (TPSA) is 77.6 Å². The van der Waals surface area contributed by atoms with E-state index < -0.39 is 5.82 Å². The van der Waals surface area contributed by atoms with Gasteiger partial charge < -0.3 is 5.32 Å². The third kappa shape index (κ3) is 3.56. The summed E-state index contributed by atoms with van der Waals surface area (Å²) in [5.74, 6) is -0.673. The summed E-state index contributed by atoms with van der Waals surface area (Å²) in [7, 11) is 0. The summed E-state index contributed by atoms with van der Waals surface area (Å²) in [6, 6.07) is 8.12. The van der Waals surface area contributed by atoms with Gasteiger partial charge in [-0.25, -0.2) is 18.7 Å². The van der Waals surface area contributed by atoms with Crippen molar-refractivity contribution in [2.45, 2.75) is 39.7 Å². The van der Waals surface area contributed by atoms with E-state index in [-0.39, 0.29) is 17.9 Å². The van der Waals surface area contributed by atoms with Gasteiger partial charge in [-0.05, 0) is 50.1 Å². The molecule has 3 heterocycles. The van der Waals surface area contributed by atoms with Gasteiger partial charge in [0, 0.05) is 29.8 Å². The predicted octanol–water partition coefficient (Wildman–Crippen LogP) is 4.71. The number of rotatable bonds is 5. The SMILES string of the molecule is CC(C)c1cc(C(=O)Nc2ccc(-n3cccn3)c(F)c2)c2cnn(C(C)C)c2n1. The summed E-state index contributed by atoms with van der Waals surface area (Å²) in [5.41, 5.74) is 2.61. The molecule has 0 aliphatic heterocycles. The zero-order valence-electron chi connectivity index (χ0n) is 17.3. The summed E-state index contributed by atoms with van der Waals surface area (Å²) in [5, 5.41) is 11.9. The summed E-state index contributed by atoms with van der Waals surface area (Å²) >= 11 is 0. The van der Waals surface area contributed by atoms with Crippen molar-refractivity contribution in [2.24, 2.45) is 0 Å². The Balaban J connectivity index is 1.70. The third-order valence-electron chi connectivity index (χ3n) is 4.87. The second kappa shape index (κ2) is 7.70. The molecular weight excluding hydrogens is 383 g/mol.